The van der Waals surface area contributed by atoms with Gasteiger partial charge in [-0.25, -0.2) is 4.98 Å². The lowest BCUT2D eigenvalue weighted by Gasteiger charge is -2.29. The van der Waals surface area contributed by atoms with Crippen molar-refractivity contribution in [3.8, 4) is 0 Å². The number of carbonyl (C=O) groups excluding carboxylic acids is 2. The van der Waals surface area contributed by atoms with E-state index in [1.54, 1.807) is 60.6 Å². The standard InChI is InChI=1S/C26H31F3N6O2/c1-5-15-34(16-6-2)35-23(17-21(32-35)26(27,28)29)33(4)25(37)18(3)19-10-12-20(13-11-19)24(36)31-22-9-7-8-14-30-22/h7-14,17-18H,5-6,15-16H2,1-4H3,(H,30,31,36). The van der Waals surface area contributed by atoms with Crippen molar-refractivity contribution in [3.63, 3.8) is 0 Å². The lowest BCUT2D eigenvalue weighted by atomic mass is 9.98. The summed E-state index contributed by atoms with van der Waals surface area (Å²) in [6, 6.07) is 12.5. The molecule has 0 fully saturated rings. The van der Waals surface area contributed by atoms with Crippen LogP contribution in [0.4, 0.5) is 24.8 Å². The highest BCUT2D eigenvalue weighted by molar-refractivity contribution is 6.04. The van der Waals surface area contributed by atoms with Gasteiger partial charge in [-0.15, -0.1) is 5.10 Å². The zero-order chi connectivity index (χ0) is 27.2. The summed E-state index contributed by atoms with van der Waals surface area (Å²) in [5, 5.41) is 8.19. The number of amides is 2. The smallest absolute Gasteiger partial charge is 0.307 e. The highest BCUT2D eigenvalue weighted by Crippen LogP contribution is 2.32. The number of aromatic nitrogens is 3. The SMILES string of the molecule is CCCN(CCC)n1nc(C(F)(F)F)cc1N(C)C(=O)C(C)c1ccc(C(=O)Nc2ccccn2)cc1. The first-order valence-electron chi connectivity index (χ1n) is 12.1. The largest absolute Gasteiger partial charge is 0.435 e. The van der Waals surface area contributed by atoms with Crippen molar-refractivity contribution in [1.82, 2.24) is 14.9 Å². The number of halogens is 3. The Morgan fingerprint density at radius 3 is 2.24 bits per heavy atom. The summed E-state index contributed by atoms with van der Waals surface area (Å²) in [7, 11) is 1.44. The van der Waals surface area contributed by atoms with Gasteiger partial charge in [0.2, 0.25) is 5.91 Å². The Morgan fingerprint density at radius 1 is 1.05 bits per heavy atom. The number of anilines is 2. The number of hydrogen-bond donors (Lipinski definition) is 1. The van der Waals surface area contributed by atoms with E-state index in [1.165, 1.54) is 16.7 Å². The van der Waals surface area contributed by atoms with Crippen molar-refractivity contribution < 1.29 is 22.8 Å². The molecule has 1 N–H and O–H groups in total. The maximum Gasteiger partial charge on any atom is 0.435 e. The molecule has 2 aromatic heterocycles. The number of likely N-dealkylation sites (N-methyl/N-ethyl adjacent to an activating group) is 1. The lowest BCUT2D eigenvalue weighted by Crippen LogP contribution is -2.41. The van der Waals surface area contributed by atoms with Gasteiger partial charge in [-0.05, 0) is 49.6 Å². The minimum atomic E-state index is -4.65. The lowest BCUT2D eigenvalue weighted by molar-refractivity contribution is -0.141. The molecule has 0 aliphatic carbocycles. The zero-order valence-electron chi connectivity index (χ0n) is 21.3. The van der Waals surface area contributed by atoms with Crippen LogP contribution in [0.1, 0.15) is 61.1 Å². The maximum absolute atomic E-state index is 13.5. The van der Waals surface area contributed by atoms with E-state index >= 15 is 0 Å². The highest BCUT2D eigenvalue weighted by atomic mass is 19.4. The summed E-state index contributed by atoms with van der Waals surface area (Å²) in [4.78, 5) is 32.3. The van der Waals surface area contributed by atoms with Gasteiger partial charge >= 0.3 is 6.18 Å². The normalized spacial score (nSPS) is 12.2. The van der Waals surface area contributed by atoms with Gasteiger partial charge in [0, 0.05) is 38.0 Å². The van der Waals surface area contributed by atoms with Crippen molar-refractivity contribution in [1.29, 1.82) is 0 Å². The number of nitrogens with zero attached hydrogens (tertiary/aromatic N) is 5. The van der Waals surface area contributed by atoms with E-state index in [4.69, 9.17) is 0 Å². The van der Waals surface area contributed by atoms with Crippen LogP contribution < -0.4 is 15.2 Å². The van der Waals surface area contributed by atoms with Crippen LogP contribution in [0.2, 0.25) is 0 Å². The first-order chi connectivity index (χ1) is 17.6. The van der Waals surface area contributed by atoms with Crippen molar-refractivity contribution in [2.24, 2.45) is 0 Å². The first kappa shape index (κ1) is 27.7. The zero-order valence-corrected chi connectivity index (χ0v) is 21.3. The molecule has 1 unspecified atom stereocenters. The van der Waals surface area contributed by atoms with Gasteiger partial charge in [0.15, 0.2) is 11.5 Å². The van der Waals surface area contributed by atoms with E-state index in [1.807, 2.05) is 13.8 Å². The van der Waals surface area contributed by atoms with Crippen LogP contribution in [0.25, 0.3) is 0 Å². The Bertz CT molecular complexity index is 1190. The average Bonchev–Trinajstić information content (AvgIpc) is 3.34. The van der Waals surface area contributed by atoms with Crippen molar-refractivity contribution in [3.05, 3.63) is 71.5 Å². The number of nitrogens with one attached hydrogen (secondary N) is 1. The predicted octanol–water partition coefficient (Wildman–Crippen LogP) is 5.07. The maximum atomic E-state index is 13.5. The van der Waals surface area contributed by atoms with Crippen LogP contribution >= 0.6 is 0 Å². The molecule has 8 nitrogen and oxygen atoms in total. The number of carbonyl (C=O) groups is 2. The second-order valence-corrected chi connectivity index (χ2v) is 8.64. The quantitative estimate of drug-likeness (QED) is 0.407. The number of alkyl halides is 3. The average molecular weight is 517 g/mol. The summed E-state index contributed by atoms with van der Waals surface area (Å²) in [5.74, 6) is -0.985. The van der Waals surface area contributed by atoms with Gasteiger partial charge in [0.25, 0.3) is 5.91 Å². The molecule has 2 amide bonds. The molecule has 0 saturated carbocycles. The Kier molecular flexibility index (Phi) is 8.90. The number of benzene rings is 1. The fraction of sp³-hybridized carbons (Fsp3) is 0.385. The first-order valence-corrected chi connectivity index (χ1v) is 12.1. The monoisotopic (exact) mass is 516 g/mol. The fourth-order valence-corrected chi connectivity index (χ4v) is 3.85. The van der Waals surface area contributed by atoms with Crippen LogP contribution in [-0.4, -0.2) is 46.8 Å². The Labute approximate surface area is 214 Å². The Balaban J connectivity index is 1.82. The fourth-order valence-electron chi connectivity index (χ4n) is 3.85. The molecule has 0 radical (unpaired) electrons. The van der Waals surface area contributed by atoms with Gasteiger partial charge in [-0.3, -0.25) is 19.5 Å². The molecule has 0 bridgehead atoms. The third kappa shape index (κ3) is 6.66. The van der Waals surface area contributed by atoms with Crippen LogP contribution in [0, 0.1) is 0 Å². The second-order valence-electron chi connectivity index (χ2n) is 8.64. The minimum absolute atomic E-state index is 0.0393. The number of hydrogen-bond acceptors (Lipinski definition) is 5. The van der Waals surface area contributed by atoms with E-state index in [0.29, 0.717) is 42.9 Å². The van der Waals surface area contributed by atoms with E-state index in [2.05, 4.69) is 15.4 Å². The molecular formula is C26H31F3N6O2. The predicted molar refractivity (Wildman–Crippen MR) is 136 cm³/mol. The Morgan fingerprint density at radius 2 is 1.70 bits per heavy atom. The van der Waals surface area contributed by atoms with E-state index in [9.17, 15) is 22.8 Å². The molecule has 1 atom stereocenters. The van der Waals surface area contributed by atoms with E-state index in [0.717, 1.165) is 6.07 Å². The molecule has 1 aromatic carbocycles. The van der Waals surface area contributed by atoms with Gasteiger partial charge in [0.1, 0.15) is 5.82 Å². The van der Waals surface area contributed by atoms with Crippen molar-refractivity contribution in [2.45, 2.75) is 45.7 Å². The molecule has 0 aliphatic heterocycles. The molecule has 0 saturated heterocycles. The van der Waals surface area contributed by atoms with Crippen LogP contribution in [0.15, 0.2) is 54.7 Å². The van der Waals surface area contributed by atoms with Gasteiger partial charge in [-0.1, -0.05) is 32.0 Å². The number of rotatable bonds is 10. The molecule has 0 spiro atoms. The highest BCUT2D eigenvalue weighted by Gasteiger charge is 2.37. The van der Waals surface area contributed by atoms with E-state index in [-0.39, 0.29) is 11.7 Å². The third-order valence-corrected chi connectivity index (χ3v) is 5.82. The molecule has 37 heavy (non-hydrogen) atoms. The molecule has 2 heterocycles. The third-order valence-electron chi connectivity index (χ3n) is 5.82. The molecule has 11 heteroatoms. The summed E-state index contributed by atoms with van der Waals surface area (Å²) in [5.41, 5.74) is -0.0623. The van der Waals surface area contributed by atoms with Gasteiger partial charge in [-0.2, -0.15) is 18.0 Å². The minimum Gasteiger partial charge on any atom is -0.307 e. The topological polar surface area (TPSA) is 83.4 Å². The molecule has 3 aromatic rings. The van der Waals surface area contributed by atoms with E-state index < -0.39 is 23.7 Å². The van der Waals surface area contributed by atoms with Crippen LogP contribution in [-0.2, 0) is 11.0 Å². The summed E-state index contributed by atoms with van der Waals surface area (Å²) < 4.78 is 40.5. The van der Waals surface area contributed by atoms with Crippen molar-refractivity contribution in [2.75, 3.05) is 35.4 Å². The van der Waals surface area contributed by atoms with Gasteiger partial charge < -0.3 is 5.32 Å². The molecular weight excluding hydrogens is 485 g/mol. The van der Waals surface area contributed by atoms with Gasteiger partial charge in [0.05, 0.1) is 5.92 Å². The summed E-state index contributed by atoms with van der Waals surface area (Å²) in [6.45, 7) is 6.49. The summed E-state index contributed by atoms with van der Waals surface area (Å²) >= 11 is 0. The number of pyridine rings is 1. The van der Waals surface area contributed by atoms with Crippen LogP contribution in [0.3, 0.4) is 0 Å². The Hall–Kier alpha value is -3.89. The van der Waals surface area contributed by atoms with Crippen molar-refractivity contribution >= 4 is 23.5 Å². The molecule has 3 rings (SSSR count). The van der Waals surface area contributed by atoms with Crippen LogP contribution in [0.5, 0.6) is 0 Å². The summed E-state index contributed by atoms with van der Waals surface area (Å²) in [6.07, 6.45) is -1.68. The molecule has 198 valence electrons. The molecule has 0 aliphatic rings. The second kappa shape index (κ2) is 11.9.